The van der Waals surface area contributed by atoms with Crippen molar-refractivity contribution < 1.29 is 18.9 Å². The molecule has 0 aliphatic rings. The highest BCUT2D eigenvalue weighted by molar-refractivity contribution is 5.83. The van der Waals surface area contributed by atoms with Gasteiger partial charge in [-0.15, -0.1) is 0 Å². The first-order chi connectivity index (χ1) is 14.5. The SMILES string of the molecule is COc1cc(OC)c2[nH]c(=O)cnc2c1.COc1cc(OC)c2ncc(=O)[nH]c2c1. The van der Waals surface area contributed by atoms with Gasteiger partial charge >= 0.3 is 0 Å². The largest absolute Gasteiger partial charge is 0.497 e. The molecule has 30 heavy (non-hydrogen) atoms. The lowest BCUT2D eigenvalue weighted by Gasteiger charge is -2.06. The Hall–Kier alpha value is -4.08. The second-order valence-electron chi connectivity index (χ2n) is 5.94. The fourth-order valence-electron chi connectivity index (χ4n) is 2.74. The summed E-state index contributed by atoms with van der Waals surface area (Å²) in [5.41, 5.74) is 1.90. The minimum Gasteiger partial charge on any atom is -0.497 e. The van der Waals surface area contributed by atoms with E-state index in [-0.39, 0.29) is 11.1 Å². The number of nitrogens with one attached hydrogen (secondary N) is 2. The first-order valence-electron chi connectivity index (χ1n) is 8.71. The summed E-state index contributed by atoms with van der Waals surface area (Å²) < 4.78 is 20.4. The van der Waals surface area contributed by atoms with Gasteiger partial charge < -0.3 is 28.9 Å². The lowest BCUT2D eigenvalue weighted by atomic mass is 10.2. The van der Waals surface area contributed by atoms with Crippen LogP contribution < -0.4 is 30.1 Å². The number of rotatable bonds is 4. The number of hydrogen-bond acceptors (Lipinski definition) is 8. The van der Waals surface area contributed by atoms with E-state index in [1.54, 1.807) is 45.6 Å². The number of aromatic amines is 2. The molecule has 2 heterocycles. The Labute approximate surface area is 170 Å². The molecule has 0 fully saturated rings. The lowest BCUT2D eigenvalue weighted by molar-refractivity contribution is 0.397. The minimum absolute atomic E-state index is 0.252. The van der Waals surface area contributed by atoms with E-state index in [9.17, 15) is 9.59 Å². The third kappa shape index (κ3) is 4.32. The van der Waals surface area contributed by atoms with Crippen LogP contribution in [0, 0.1) is 0 Å². The van der Waals surface area contributed by atoms with Gasteiger partial charge in [-0.25, -0.2) is 9.97 Å². The number of H-pyrrole nitrogens is 2. The maximum absolute atomic E-state index is 11.1. The topological polar surface area (TPSA) is 128 Å². The fourth-order valence-corrected chi connectivity index (χ4v) is 2.74. The standard InChI is InChI=1S/2C10H10N2O3/c1-14-6-3-7-10(8(4-6)15-2)11-5-9(13)12-7;1-14-6-3-7-10(8(4-6)15-2)12-9(13)5-11-7/h2*3-5H,1-2H3,(H,12,13). The van der Waals surface area contributed by atoms with Gasteiger partial charge in [0.1, 0.15) is 34.0 Å². The normalized spacial score (nSPS) is 10.3. The smallest absolute Gasteiger partial charge is 0.266 e. The van der Waals surface area contributed by atoms with E-state index in [4.69, 9.17) is 18.9 Å². The molecular weight excluding hydrogens is 392 g/mol. The van der Waals surface area contributed by atoms with E-state index in [1.165, 1.54) is 19.5 Å². The molecule has 0 spiro atoms. The summed E-state index contributed by atoms with van der Waals surface area (Å²) in [6.07, 6.45) is 2.44. The monoisotopic (exact) mass is 412 g/mol. The van der Waals surface area contributed by atoms with Crippen LogP contribution in [0.1, 0.15) is 0 Å². The molecule has 10 nitrogen and oxygen atoms in total. The van der Waals surface area contributed by atoms with Crippen LogP contribution in [0.2, 0.25) is 0 Å². The number of fused-ring (bicyclic) bond motifs is 2. The highest BCUT2D eigenvalue weighted by Gasteiger charge is 2.07. The maximum atomic E-state index is 11.1. The number of ether oxygens (including phenoxy) is 4. The molecule has 2 aromatic carbocycles. The average molecular weight is 412 g/mol. The van der Waals surface area contributed by atoms with Gasteiger partial charge in [0, 0.05) is 24.3 Å². The zero-order valence-electron chi connectivity index (χ0n) is 16.8. The molecule has 0 atom stereocenters. The van der Waals surface area contributed by atoms with Gasteiger partial charge in [-0.3, -0.25) is 9.59 Å². The average Bonchev–Trinajstić information content (AvgIpc) is 2.77. The van der Waals surface area contributed by atoms with Crippen molar-refractivity contribution in [3.05, 3.63) is 57.4 Å². The molecular formula is C20H20N4O6. The van der Waals surface area contributed by atoms with E-state index >= 15 is 0 Å². The molecule has 10 heteroatoms. The molecule has 0 saturated carbocycles. The number of benzene rings is 2. The highest BCUT2D eigenvalue weighted by atomic mass is 16.5. The van der Waals surface area contributed by atoms with Gasteiger partial charge in [0.05, 0.1) is 51.9 Å². The Bertz CT molecular complexity index is 1300. The van der Waals surface area contributed by atoms with Crippen LogP contribution >= 0.6 is 0 Å². The van der Waals surface area contributed by atoms with Crippen molar-refractivity contribution in [2.75, 3.05) is 28.4 Å². The van der Waals surface area contributed by atoms with Crippen LogP contribution in [-0.2, 0) is 0 Å². The number of nitrogens with zero attached hydrogens (tertiary/aromatic N) is 2. The van der Waals surface area contributed by atoms with Crippen LogP contribution in [0.25, 0.3) is 22.1 Å². The maximum Gasteiger partial charge on any atom is 0.266 e. The quantitative estimate of drug-likeness (QED) is 0.520. The van der Waals surface area contributed by atoms with Crippen molar-refractivity contribution in [2.45, 2.75) is 0 Å². The minimum atomic E-state index is -0.258. The van der Waals surface area contributed by atoms with Crippen molar-refractivity contribution >= 4 is 22.1 Å². The Morgan fingerprint density at radius 2 is 1.30 bits per heavy atom. The molecule has 0 unspecified atom stereocenters. The van der Waals surface area contributed by atoms with Crippen molar-refractivity contribution in [1.29, 1.82) is 0 Å². The first kappa shape index (κ1) is 20.6. The van der Waals surface area contributed by atoms with Gasteiger partial charge in [0.2, 0.25) is 0 Å². The Balaban J connectivity index is 0.000000171. The molecule has 0 radical (unpaired) electrons. The molecule has 2 aromatic heterocycles. The Morgan fingerprint density at radius 1 is 0.700 bits per heavy atom. The second-order valence-corrected chi connectivity index (χ2v) is 5.94. The lowest BCUT2D eigenvalue weighted by Crippen LogP contribution is -2.06. The highest BCUT2D eigenvalue weighted by Crippen LogP contribution is 2.28. The van der Waals surface area contributed by atoms with Crippen LogP contribution in [0.3, 0.4) is 0 Å². The Kier molecular flexibility index (Phi) is 6.16. The molecule has 0 amide bonds. The summed E-state index contributed by atoms with van der Waals surface area (Å²) in [6, 6.07) is 6.84. The molecule has 0 aliphatic carbocycles. The molecule has 0 saturated heterocycles. The third-order valence-electron chi connectivity index (χ3n) is 4.15. The van der Waals surface area contributed by atoms with Crippen LogP contribution in [0.5, 0.6) is 23.0 Å². The van der Waals surface area contributed by atoms with E-state index in [1.807, 2.05) is 0 Å². The zero-order valence-corrected chi connectivity index (χ0v) is 16.8. The second kappa shape index (κ2) is 8.95. The van der Waals surface area contributed by atoms with Gasteiger partial charge in [0.25, 0.3) is 11.1 Å². The van der Waals surface area contributed by atoms with Crippen molar-refractivity contribution in [3.63, 3.8) is 0 Å². The molecule has 2 N–H and O–H groups in total. The molecule has 4 rings (SSSR count). The van der Waals surface area contributed by atoms with Crippen molar-refractivity contribution in [2.24, 2.45) is 0 Å². The number of methoxy groups -OCH3 is 4. The van der Waals surface area contributed by atoms with Crippen molar-refractivity contribution in [3.8, 4) is 23.0 Å². The fraction of sp³-hybridized carbons (Fsp3) is 0.200. The predicted octanol–water partition coefficient (Wildman–Crippen LogP) is 1.88. The molecule has 156 valence electrons. The van der Waals surface area contributed by atoms with Gasteiger partial charge in [0.15, 0.2) is 0 Å². The van der Waals surface area contributed by atoms with E-state index in [0.717, 1.165) is 0 Å². The van der Waals surface area contributed by atoms with Crippen molar-refractivity contribution in [1.82, 2.24) is 19.9 Å². The Morgan fingerprint density at radius 3 is 1.97 bits per heavy atom. The van der Waals surface area contributed by atoms with Crippen LogP contribution in [0.15, 0.2) is 46.2 Å². The van der Waals surface area contributed by atoms with Gasteiger partial charge in [-0.1, -0.05) is 0 Å². The summed E-state index contributed by atoms with van der Waals surface area (Å²) in [6.45, 7) is 0. The molecule has 0 aliphatic heterocycles. The number of aromatic nitrogens is 4. The van der Waals surface area contributed by atoms with E-state index in [2.05, 4.69) is 19.9 Å². The summed E-state index contributed by atoms with van der Waals surface area (Å²) in [7, 11) is 6.18. The molecule has 0 bridgehead atoms. The third-order valence-corrected chi connectivity index (χ3v) is 4.15. The van der Waals surface area contributed by atoms with Gasteiger partial charge in [-0.2, -0.15) is 0 Å². The van der Waals surface area contributed by atoms with E-state index in [0.29, 0.717) is 45.1 Å². The van der Waals surface area contributed by atoms with Crippen LogP contribution in [-0.4, -0.2) is 48.4 Å². The summed E-state index contributed by atoms with van der Waals surface area (Å²) in [5.74, 6) is 2.36. The van der Waals surface area contributed by atoms with E-state index < -0.39 is 0 Å². The molecule has 4 aromatic rings. The predicted molar refractivity (Wildman–Crippen MR) is 111 cm³/mol. The summed E-state index contributed by atoms with van der Waals surface area (Å²) in [5, 5.41) is 0. The van der Waals surface area contributed by atoms with Gasteiger partial charge in [-0.05, 0) is 0 Å². The van der Waals surface area contributed by atoms with Crippen LogP contribution in [0.4, 0.5) is 0 Å². The number of hydrogen-bond donors (Lipinski definition) is 2. The zero-order chi connectivity index (χ0) is 21.7. The summed E-state index contributed by atoms with van der Waals surface area (Å²) >= 11 is 0. The first-order valence-corrected chi connectivity index (χ1v) is 8.71. The summed E-state index contributed by atoms with van der Waals surface area (Å²) in [4.78, 5) is 35.5.